The Morgan fingerprint density at radius 2 is 2.04 bits per heavy atom. The van der Waals surface area contributed by atoms with Crippen molar-refractivity contribution in [2.45, 2.75) is 33.4 Å². The van der Waals surface area contributed by atoms with Gasteiger partial charge in [0.15, 0.2) is 0 Å². The first-order valence-electron chi connectivity index (χ1n) is 8.43. The molecule has 1 unspecified atom stereocenters. The van der Waals surface area contributed by atoms with Gasteiger partial charge in [-0.3, -0.25) is 9.59 Å². The van der Waals surface area contributed by atoms with Gasteiger partial charge in [0.2, 0.25) is 11.8 Å². The van der Waals surface area contributed by atoms with E-state index in [1.165, 1.54) is 5.56 Å². The third kappa shape index (κ3) is 4.07. The lowest BCUT2D eigenvalue weighted by atomic mass is 10.1. The Balaban J connectivity index is 1.59. The topological polar surface area (TPSA) is 66.7 Å². The number of hydrogen-bond donors (Lipinski definition) is 0. The van der Waals surface area contributed by atoms with Crippen LogP contribution in [-0.2, 0) is 22.7 Å². The molecule has 1 aliphatic heterocycles. The third-order valence-electron chi connectivity index (χ3n) is 4.51. The molecule has 1 atom stereocenters. The van der Waals surface area contributed by atoms with Crippen molar-refractivity contribution in [1.82, 2.24) is 15.0 Å². The minimum absolute atomic E-state index is 0.0274. The fourth-order valence-corrected chi connectivity index (χ4v) is 3.13. The second kappa shape index (κ2) is 7.09. The number of carbonyl (C=O) groups excluding carboxylic acids is 2. The van der Waals surface area contributed by atoms with E-state index in [1.54, 1.807) is 16.8 Å². The standard InChI is InChI=1S/C19H23N3O3/c1-13-4-6-15(7-5-13)10-22-11-16(9-18(22)23)19(24)21(3)12-17-8-14(2)25-20-17/h4-8,16H,9-12H2,1-3H3. The maximum Gasteiger partial charge on any atom is 0.228 e. The summed E-state index contributed by atoms with van der Waals surface area (Å²) in [7, 11) is 1.74. The molecule has 1 aromatic carbocycles. The summed E-state index contributed by atoms with van der Waals surface area (Å²) in [6.07, 6.45) is 0.271. The van der Waals surface area contributed by atoms with Gasteiger partial charge in [-0.2, -0.15) is 0 Å². The Bertz CT molecular complexity index is 766. The number of likely N-dealkylation sites (tertiary alicyclic amines) is 1. The molecular formula is C19H23N3O3. The largest absolute Gasteiger partial charge is 0.361 e. The molecule has 0 saturated carbocycles. The van der Waals surface area contributed by atoms with Crippen LogP contribution >= 0.6 is 0 Å². The zero-order valence-corrected chi connectivity index (χ0v) is 14.9. The molecule has 1 aliphatic rings. The van der Waals surface area contributed by atoms with E-state index >= 15 is 0 Å². The van der Waals surface area contributed by atoms with E-state index < -0.39 is 0 Å². The minimum atomic E-state index is -0.295. The van der Waals surface area contributed by atoms with Crippen LogP contribution in [0.5, 0.6) is 0 Å². The second-order valence-electron chi connectivity index (χ2n) is 6.78. The number of carbonyl (C=O) groups is 2. The number of benzene rings is 1. The molecule has 2 aromatic rings. The van der Waals surface area contributed by atoms with Crippen molar-refractivity contribution in [3.05, 3.63) is 52.9 Å². The van der Waals surface area contributed by atoms with Crippen LogP contribution in [-0.4, -0.2) is 40.4 Å². The van der Waals surface area contributed by atoms with Gasteiger partial charge in [-0.05, 0) is 19.4 Å². The number of aryl methyl sites for hydroxylation is 2. The molecule has 6 nitrogen and oxygen atoms in total. The lowest BCUT2D eigenvalue weighted by Crippen LogP contribution is -2.34. The van der Waals surface area contributed by atoms with E-state index in [2.05, 4.69) is 5.16 Å². The first-order valence-corrected chi connectivity index (χ1v) is 8.43. The molecule has 2 heterocycles. The molecule has 0 spiro atoms. The number of hydrogen-bond acceptors (Lipinski definition) is 4. The van der Waals surface area contributed by atoms with Crippen molar-refractivity contribution in [3.63, 3.8) is 0 Å². The van der Waals surface area contributed by atoms with Crippen molar-refractivity contribution in [1.29, 1.82) is 0 Å². The summed E-state index contributed by atoms with van der Waals surface area (Å²) in [6.45, 7) is 5.25. The van der Waals surface area contributed by atoms with Crippen LogP contribution in [0.4, 0.5) is 0 Å². The Labute approximate surface area is 147 Å². The van der Waals surface area contributed by atoms with Crippen LogP contribution in [0.2, 0.25) is 0 Å². The third-order valence-corrected chi connectivity index (χ3v) is 4.51. The SMILES string of the molecule is Cc1ccc(CN2CC(C(=O)N(C)Cc3cc(C)on3)CC2=O)cc1. The quantitative estimate of drug-likeness (QED) is 0.837. The van der Waals surface area contributed by atoms with Crippen molar-refractivity contribution >= 4 is 11.8 Å². The summed E-state index contributed by atoms with van der Waals surface area (Å²) in [5.41, 5.74) is 2.99. The van der Waals surface area contributed by atoms with Gasteiger partial charge in [0.05, 0.1) is 12.5 Å². The van der Waals surface area contributed by atoms with Crippen LogP contribution in [0.1, 0.15) is 29.0 Å². The highest BCUT2D eigenvalue weighted by atomic mass is 16.5. The van der Waals surface area contributed by atoms with Crippen LogP contribution in [0, 0.1) is 19.8 Å². The summed E-state index contributed by atoms with van der Waals surface area (Å²) in [6, 6.07) is 9.93. The molecule has 6 heteroatoms. The van der Waals surface area contributed by atoms with Gasteiger partial charge < -0.3 is 14.3 Å². The first kappa shape index (κ1) is 17.2. The van der Waals surface area contributed by atoms with E-state index in [0.717, 1.165) is 11.3 Å². The van der Waals surface area contributed by atoms with E-state index in [9.17, 15) is 9.59 Å². The lowest BCUT2D eigenvalue weighted by Gasteiger charge is -2.20. The smallest absolute Gasteiger partial charge is 0.228 e. The average Bonchev–Trinajstić information content (AvgIpc) is 3.15. The van der Waals surface area contributed by atoms with Gasteiger partial charge in [0, 0.05) is 32.6 Å². The molecule has 2 amide bonds. The average molecular weight is 341 g/mol. The maximum atomic E-state index is 12.6. The van der Waals surface area contributed by atoms with Gasteiger partial charge in [0.1, 0.15) is 11.5 Å². The molecule has 1 saturated heterocycles. The van der Waals surface area contributed by atoms with Gasteiger partial charge in [0.25, 0.3) is 0 Å². The fourth-order valence-electron chi connectivity index (χ4n) is 3.13. The van der Waals surface area contributed by atoms with Crippen molar-refractivity contribution in [3.8, 4) is 0 Å². The molecule has 3 rings (SSSR count). The highest BCUT2D eigenvalue weighted by molar-refractivity contribution is 5.89. The fraction of sp³-hybridized carbons (Fsp3) is 0.421. The van der Waals surface area contributed by atoms with E-state index in [1.807, 2.05) is 44.2 Å². The van der Waals surface area contributed by atoms with Crippen molar-refractivity contribution in [2.24, 2.45) is 5.92 Å². The van der Waals surface area contributed by atoms with Gasteiger partial charge in [-0.1, -0.05) is 35.0 Å². The molecule has 0 bridgehead atoms. The Kier molecular flexibility index (Phi) is 4.88. The predicted octanol–water partition coefficient (Wildman–Crippen LogP) is 2.30. The zero-order chi connectivity index (χ0) is 18.0. The van der Waals surface area contributed by atoms with E-state index in [4.69, 9.17) is 4.52 Å². The minimum Gasteiger partial charge on any atom is -0.361 e. The normalized spacial score (nSPS) is 17.2. The molecule has 1 aromatic heterocycles. The van der Waals surface area contributed by atoms with Crippen LogP contribution < -0.4 is 0 Å². The zero-order valence-electron chi connectivity index (χ0n) is 14.9. The monoisotopic (exact) mass is 341 g/mol. The summed E-state index contributed by atoms with van der Waals surface area (Å²) in [5.74, 6) is 0.428. The first-order chi connectivity index (χ1) is 11.9. The van der Waals surface area contributed by atoms with Gasteiger partial charge >= 0.3 is 0 Å². The number of nitrogens with zero attached hydrogens (tertiary/aromatic N) is 3. The Morgan fingerprint density at radius 3 is 2.68 bits per heavy atom. The molecule has 25 heavy (non-hydrogen) atoms. The number of rotatable bonds is 5. The van der Waals surface area contributed by atoms with Crippen molar-refractivity contribution < 1.29 is 14.1 Å². The Hall–Kier alpha value is -2.63. The van der Waals surface area contributed by atoms with Gasteiger partial charge in [-0.15, -0.1) is 0 Å². The maximum absolute atomic E-state index is 12.6. The molecule has 0 aliphatic carbocycles. The molecule has 132 valence electrons. The second-order valence-corrected chi connectivity index (χ2v) is 6.78. The van der Waals surface area contributed by atoms with E-state index in [-0.39, 0.29) is 24.2 Å². The van der Waals surface area contributed by atoms with Crippen molar-refractivity contribution in [2.75, 3.05) is 13.6 Å². The van der Waals surface area contributed by atoms with E-state index in [0.29, 0.717) is 25.3 Å². The predicted molar refractivity (Wildman–Crippen MR) is 92.4 cm³/mol. The number of aromatic nitrogens is 1. The molecule has 0 radical (unpaired) electrons. The molecule has 1 fully saturated rings. The summed E-state index contributed by atoms with van der Waals surface area (Å²) in [5, 5.41) is 3.91. The molecular weight excluding hydrogens is 318 g/mol. The Morgan fingerprint density at radius 1 is 1.32 bits per heavy atom. The summed E-state index contributed by atoms with van der Waals surface area (Å²) < 4.78 is 5.03. The summed E-state index contributed by atoms with van der Waals surface area (Å²) >= 11 is 0. The van der Waals surface area contributed by atoms with Crippen LogP contribution in [0.15, 0.2) is 34.9 Å². The van der Waals surface area contributed by atoms with Gasteiger partial charge in [-0.25, -0.2) is 0 Å². The van der Waals surface area contributed by atoms with Crippen LogP contribution in [0.3, 0.4) is 0 Å². The highest BCUT2D eigenvalue weighted by Crippen LogP contribution is 2.22. The summed E-state index contributed by atoms with van der Waals surface area (Å²) in [4.78, 5) is 28.3. The number of amides is 2. The van der Waals surface area contributed by atoms with Crippen LogP contribution in [0.25, 0.3) is 0 Å². The highest BCUT2D eigenvalue weighted by Gasteiger charge is 2.35. The molecule has 0 N–H and O–H groups in total. The lowest BCUT2D eigenvalue weighted by molar-refractivity contribution is -0.135.